The van der Waals surface area contributed by atoms with Gasteiger partial charge in [-0.1, -0.05) is 57.0 Å². The third-order valence-electron chi connectivity index (χ3n) is 3.33. The lowest BCUT2D eigenvalue weighted by molar-refractivity contribution is -0.0499. The highest BCUT2D eigenvalue weighted by Gasteiger charge is 2.49. The van der Waals surface area contributed by atoms with Gasteiger partial charge in [-0.15, -0.1) is 0 Å². The van der Waals surface area contributed by atoms with E-state index in [1.165, 1.54) is 0 Å². The van der Waals surface area contributed by atoms with Crippen molar-refractivity contribution >= 4 is 36.6 Å². The molecule has 0 N–H and O–H groups in total. The molecule has 9 heteroatoms. The summed E-state index contributed by atoms with van der Waals surface area (Å²) in [4.78, 5) is 0. The molecule has 3 nitrogen and oxygen atoms in total. The topological polar surface area (TPSA) is 43.4 Å². The van der Waals surface area contributed by atoms with Gasteiger partial charge in [0.2, 0.25) is 0 Å². The molecular weight excluding hydrogens is 361 g/mol. The van der Waals surface area contributed by atoms with Crippen LogP contribution in [-0.4, -0.2) is 30.1 Å². The van der Waals surface area contributed by atoms with Crippen LogP contribution >= 0.6 is 0 Å². The van der Waals surface area contributed by atoms with Crippen LogP contribution in [0.3, 0.4) is 0 Å². The lowest BCUT2D eigenvalue weighted by Crippen LogP contribution is -2.48. The Bertz CT molecular complexity index is 664. The fourth-order valence-electron chi connectivity index (χ4n) is 2.13. The van der Waals surface area contributed by atoms with Crippen LogP contribution in [0, 0.1) is 6.92 Å². The van der Waals surface area contributed by atoms with Crippen LogP contribution < -0.4 is 14.6 Å². The molecule has 0 radical (unpaired) electrons. The fourth-order valence-corrected chi connectivity index (χ4v) is 5.96. The molecule has 0 saturated carbocycles. The number of alkyl halides is 3. The highest BCUT2D eigenvalue weighted by Crippen LogP contribution is 2.28. The van der Waals surface area contributed by atoms with Gasteiger partial charge in [0.15, 0.2) is 0 Å². The van der Waals surface area contributed by atoms with Gasteiger partial charge in [0.1, 0.15) is 5.75 Å². The van der Waals surface area contributed by atoms with E-state index < -0.39 is 31.8 Å². The maximum Gasteiger partial charge on any atom is 0.534 e. The summed E-state index contributed by atoms with van der Waals surface area (Å²) >= 11 is 0. The molecule has 0 spiro atoms. The van der Waals surface area contributed by atoms with Crippen LogP contribution in [-0.2, 0) is 10.1 Å². The summed E-state index contributed by atoms with van der Waals surface area (Å²) in [5.74, 6) is -0.105. The van der Waals surface area contributed by atoms with E-state index in [2.05, 4.69) is 4.18 Å². The zero-order valence-electron chi connectivity index (χ0n) is 14.4. The van der Waals surface area contributed by atoms with Crippen molar-refractivity contribution in [2.24, 2.45) is 0 Å². The summed E-state index contributed by atoms with van der Waals surface area (Å²) in [6.07, 6.45) is 0. The van der Waals surface area contributed by atoms with Crippen LogP contribution in [0.2, 0.25) is 39.3 Å². The first kappa shape index (κ1) is 20.2. The Morgan fingerprint density at radius 3 is 1.52 bits per heavy atom. The van der Waals surface area contributed by atoms with Gasteiger partial charge < -0.3 is 4.18 Å². The zero-order chi connectivity index (χ0) is 18.4. The second-order valence-electron chi connectivity index (χ2n) is 7.67. The molecule has 0 aliphatic rings. The normalized spacial score (nSPS) is 14.0. The second-order valence-corrected chi connectivity index (χ2v) is 19.3. The van der Waals surface area contributed by atoms with Crippen LogP contribution in [0.1, 0.15) is 5.56 Å². The fraction of sp³-hybridized carbons (Fsp3) is 0.571. The summed E-state index contributed by atoms with van der Waals surface area (Å²) in [5.41, 5.74) is -4.54. The Balaban J connectivity index is 3.75. The first-order chi connectivity index (χ1) is 9.97. The lowest BCUT2D eigenvalue weighted by atomic mass is 10.2. The van der Waals surface area contributed by atoms with Crippen molar-refractivity contribution in [3.8, 4) is 5.75 Å². The molecule has 0 amide bonds. The number of aryl methyl sites for hydroxylation is 1. The van der Waals surface area contributed by atoms with Crippen molar-refractivity contribution in [2.45, 2.75) is 51.7 Å². The first-order valence-corrected chi connectivity index (χ1v) is 15.5. The minimum atomic E-state index is -5.68. The van der Waals surface area contributed by atoms with Gasteiger partial charge in [-0.05, 0) is 17.3 Å². The van der Waals surface area contributed by atoms with Crippen LogP contribution in [0.15, 0.2) is 12.1 Å². The van der Waals surface area contributed by atoms with Crippen molar-refractivity contribution in [2.75, 3.05) is 0 Å². The summed E-state index contributed by atoms with van der Waals surface area (Å²) in [7, 11) is -9.91. The average molecular weight is 385 g/mol. The Morgan fingerprint density at radius 1 is 0.913 bits per heavy atom. The lowest BCUT2D eigenvalue weighted by Gasteiger charge is -2.28. The first-order valence-electron chi connectivity index (χ1n) is 7.13. The van der Waals surface area contributed by atoms with Crippen LogP contribution in [0.5, 0.6) is 5.75 Å². The van der Waals surface area contributed by atoms with E-state index in [0.717, 1.165) is 5.56 Å². The summed E-state index contributed by atoms with van der Waals surface area (Å²) in [6, 6.07) is 3.49. The highest BCUT2D eigenvalue weighted by molar-refractivity contribution is 7.88. The van der Waals surface area contributed by atoms with E-state index in [9.17, 15) is 21.6 Å². The van der Waals surface area contributed by atoms with Gasteiger partial charge in [-0.3, -0.25) is 0 Å². The van der Waals surface area contributed by atoms with Crippen molar-refractivity contribution < 1.29 is 25.8 Å². The standard InChI is InChI=1S/C14H23F3O3SSi2/c1-10-8-11(22(2,3)4)13(12(9-10)23(5,6)7)20-21(18,19)14(15,16)17/h8-9H,1-7H3. The van der Waals surface area contributed by atoms with Crippen molar-refractivity contribution in [1.29, 1.82) is 0 Å². The van der Waals surface area contributed by atoms with Gasteiger partial charge in [-0.2, -0.15) is 21.6 Å². The number of benzene rings is 1. The van der Waals surface area contributed by atoms with Crippen molar-refractivity contribution in [3.63, 3.8) is 0 Å². The SMILES string of the molecule is Cc1cc([Si](C)(C)C)c(OS(=O)(=O)C(F)(F)F)c([Si](C)(C)C)c1. The molecule has 0 aliphatic carbocycles. The third kappa shape index (κ3) is 4.60. The van der Waals surface area contributed by atoms with Gasteiger partial charge in [0.05, 0.1) is 16.1 Å². The van der Waals surface area contributed by atoms with Gasteiger partial charge in [-0.25, -0.2) is 0 Å². The van der Waals surface area contributed by atoms with Crippen molar-refractivity contribution in [3.05, 3.63) is 17.7 Å². The molecule has 0 saturated heterocycles. The van der Waals surface area contributed by atoms with Crippen LogP contribution in [0.25, 0.3) is 0 Å². The highest BCUT2D eigenvalue weighted by atomic mass is 32.2. The number of hydrogen-bond donors (Lipinski definition) is 0. The van der Waals surface area contributed by atoms with Crippen molar-refractivity contribution in [1.82, 2.24) is 0 Å². The molecule has 0 heterocycles. The monoisotopic (exact) mass is 384 g/mol. The Kier molecular flexibility index (Phi) is 5.21. The molecule has 1 aromatic rings. The molecule has 23 heavy (non-hydrogen) atoms. The number of halogens is 3. The largest absolute Gasteiger partial charge is 0.534 e. The molecule has 0 unspecified atom stereocenters. The van der Waals surface area contributed by atoms with E-state index >= 15 is 0 Å². The second kappa shape index (κ2) is 5.92. The Morgan fingerprint density at radius 2 is 1.26 bits per heavy atom. The molecule has 0 aliphatic heterocycles. The van der Waals surface area contributed by atoms with Gasteiger partial charge in [0, 0.05) is 0 Å². The third-order valence-corrected chi connectivity index (χ3v) is 8.25. The predicted octanol–water partition coefficient (Wildman–Crippen LogP) is 3.31. The van der Waals surface area contributed by atoms with E-state index in [1.54, 1.807) is 12.1 Å². The molecule has 0 fully saturated rings. The van der Waals surface area contributed by atoms with E-state index in [4.69, 9.17) is 0 Å². The minimum absolute atomic E-state index is 0.105. The van der Waals surface area contributed by atoms with E-state index in [-0.39, 0.29) is 5.75 Å². The molecule has 0 bridgehead atoms. The molecule has 132 valence electrons. The van der Waals surface area contributed by atoms with E-state index in [0.29, 0.717) is 10.4 Å². The molecule has 0 atom stereocenters. The molecule has 1 rings (SSSR count). The van der Waals surface area contributed by atoms with Gasteiger partial charge >= 0.3 is 15.6 Å². The zero-order valence-corrected chi connectivity index (χ0v) is 17.2. The number of hydrogen-bond acceptors (Lipinski definition) is 3. The maximum atomic E-state index is 12.8. The summed E-state index contributed by atoms with van der Waals surface area (Å²) in [6.45, 7) is 13.5. The quantitative estimate of drug-likeness (QED) is 0.454. The Hall–Kier alpha value is -0.806. The molecular formula is C14H23F3O3SSi2. The smallest absolute Gasteiger partial charge is 0.376 e. The molecule has 1 aromatic carbocycles. The average Bonchev–Trinajstić information content (AvgIpc) is 2.26. The Labute approximate surface area is 138 Å². The predicted molar refractivity (Wildman–Crippen MR) is 92.7 cm³/mol. The van der Waals surface area contributed by atoms with Crippen LogP contribution in [0.4, 0.5) is 13.2 Å². The minimum Gasteiger partial charge on any atom is -0.376 e. The molecule has 0 aromatic heterocycles. The number of rotatable bonds is 4. The van der Waals surface area contributed by atoms with E-state index in [1.807, 2.05) is 46.2 Å². The van der Waals surface area contributed by atoms with Gasteiger partial charge in [0.25, 0.3) is 0 Å². The summed E-state index contributed by atoms with van der Waals surface area (Å²) < 4.78 is 66.0. The maximum absolute atomic E-state index is 12.8. The summed E-state index contributed by atoms with van der Waals surface area (Å²) in [5, 5.41) is 1.20.